The number of amides is 1. The molecule has 26 heavy (non-hydrogen) atoms. The lowest BCUT2D eigenvalue weighted by atomic mass is 10.1. The first-order valence-electron chi connectivity index (χ1n) is 9.38. The Balaban J connectivity index is 1.44. The van der Waals surface area contributed by atoms with Crippen molar-refractivity contribution in [2.24, 2.45) is 0 Å². The van der Waals surface area contributed by atoms with Crippen molar-refractivity contribution in [3.63, 3.8) is 0 Å². The van der Waals surface area contributed by atoms with Crippen molar-refractivity contribution in [2.45, 2.75) is 39.8 Å². The molecule has 0 radical (unpaired) electrons. The number of carbonyl (C=O) groups is 1. The van der Waals surface area contributed by atoms with Crippen LogP contribution in [0.4, 0.5) is 0 Å². The zero-order valence-corrected chi connectivity index (χ0v) is 15.8. The Morgan fingerprint density at radius 1 is 1.00 bits per heavy atom. The van der Waals surface area contributed by atoms with Gasteiger partial charge in [0.1, 0.15) is 5.75 Å². The minimum absolute atomic E-state index is 0.0404. The molecule has 1 amide bonds. The van der Waals surface area contributed by atoms with E-state index in [2.05, 4.69) is 34.5 Å². The van der Waals surface area contributed by atoms with E-state index in [1.54, 1.807) is 0 Å². The van der Waals surface area contributed by atoms with Crippen LogP contribution in [0.5, 0.6) is 5.75 Å². The summed E-state index contributed by atoms with van der Waals surface area (Å²) in [5.74, 6) is 0.697. The summed E-state index contributed by atoms with van der Waals surface area (Å²) in [5.41, 5.74) is 4.54. The van der Waals surface area contributed by atoms with Crippen LogP contribution in [-0.4, -0.2) is 30.5 Å². The maximum atomic E-state index is 12.1. The van der Waals surface area contributed by atoms with E-state index in [0.29, 0.717) is 6.54 Å². The van der Waals surface area contributed by atoms with Crippen LogP contribution in [0.15, 0.2) is 42.5 Å². The molecule has 1 heterocycles. The lowest BCUT2D eigenvalue weighted by Crippen LogP contribution is -2.28. The van der Waals surface area contributed by atoms with Crippen LogP contribution in [0.1, 0.15) is 35.1 Å². The van der Waals surface area contributed by atoms with Crippen molar-refractivity contribution in [3.8, 4) is 5.75 Å². The number of nitrogens with zero attached hydrogens (tertiary/aromatic N) is 1. The number of likely N-dealkylation sites (tertiary alicyclic amines) is 1. The van der Waals surface area contributed by atoms with Gasteiger partial charge >= 0.3 is 0 Å². The van der Waals surface area contributed by atoms with E-state index in [9.17, 15) is 4.79 Å². The second kappa shape index (κ2) is 8.86. The molecule has 1 N–H and O–H groups in total. The summed E-state index contributed by atoms with van der Waals surface area (Å²) < 4.78 is 5.69. The van der Waals surface area contributed by atoms with Crippen molar-refractivity contribution in [2.75, 3.05) is 19.7 Å². The van der Waals surface area contributed by atoms with Gasteiger partial charge in [-0.2, -0.15) is 0 Å². The van der Waals surface area contributed by atoms with Gasteiger partial charge in [-0.15, -0.1) is 0 Å². The van der Waals surface area contributed by atoms with Crippen molar-refractivity contribution in [1.82, 2.24) is 10.2 Å². The van der Waals surface area contributed by atoms with Crippen LogP contribution in [-0.2, 0) is 17.9 Å². The minimum Gasteiger partial charge on any atom is -0.483 e. The molecular formula is C22H28N2O2. The molecule has 2 aromatic rings. The Kier molecular flexibility index (Phi) is 6.29. The normalized spacial score (nSPS) is 14.4. The summed E-state index contributed by atoms with van der Waals surface area (Å²) in [6.45, 7) is 7.98. The molecule has 0 spiro atoms. The standard InChI is InChI=1S/C22H28N2O2/c1-17-6-5-7-18(2)22(17)26-16-21(25)23-14-19-8-10-20(11-9-19)15-24-12-3-4-13-24/h5-11H,3-4,12-16H2,1-2H3,(H,23,25). The maximum absolute atomic E-state index is 12.1. The van der Waals surface area contributed by atoms with Gasteiger partial charge in [0.2, 0.25) is 0 Å². The van der Waals surface area contributed by atoms with Crippen LogP contribution in [0.3, 0.4) is 0 Å². The van der Waals surface area contributed by atoms with E-state index >= 15 is 0 Å². The second-order valence-corrected chi connectivity index (χ2v) is 7.09. The van der Waals surface area contributed by atoms with Gasteiger partial charge in [0.05, 0.1) is 0 Å². The van der Waals surface area contributed by atoms with Gasteiger partial charge in [-0.05, 0) is 62.0 Å². The third-order valence-electron chi connectivity index (χ3n) is 4.87. The molecule has 3 rings (SSSR count). The highest BCUT2D eigenvalue weighted by atomic mass is 16.5. The van der Waals surface area contributed by atoms with Gasteiger partial charge in [0.25, 0.3) is 5.91 Å². The first-order valence-corrected chi connectivity index (χ1v) is 9.38. The molecule has 1 saturated heterocycles. The highest BCUT2D eigenvalue weighted by Crippen LogP contribution is 2.22. The molecule has 1 fully saturated rings. The number of aryl methyl sites for hydroxylation is 2. The quantitative estimate of drug-likeness (QED) is 0.828. The van der Waals surface area contributed by atoms with E-state index in [1.807, 2.05) is 32.0 Å². The van der Waals surface area contributed by atoms with Gasteiger partial charge in [0, 0.05) is 13.1 Å². The van der Waals surface area contributed by atoms with Gasteiger partial charge in [-0.3, -0.25) is 9.69 Å². The number of hydrogen-bond donors (Lipinski definition) is 1. The van der Waals surface area contributed by atoms with Crippen LogP contribution >= 0.6 is 0 Å². The second-order valence-electron chi connectivity index (χ2n) is 7.09. The molecule has 0 saturated carbocycles. The van der Waals surface area contributed by atoms with Crippen LogP contribution in [0.2, 0.25) is 0 Å². The summed E-state index contributed by atoms with van der Waals surface area (Å²) in [6, 6.07) is 14.5. The number of nitrogens with one attached hydrogen (secondary N) is 1. The maximum Gasteiger partial charge on any atom is 0.258 e. The van der Waals surface area contributed by atoms with Crippen molar-refractivity contribution in [1.29, 1.82) is 0 Å². The zero-order valence-electron chi connectivity index (χ0n) is 15.8. The Bertz CT molecular complexity index is 714. The number of ether oxygens (including phenoxy) is 1. The van der Waals surface area contributed by atoms with Crippen molar-refractivity contribution in [3.05, 3.63) is 64.7 Å². The minimum atomic E-state index is -0.103. The predicted molar refractivity (Wildman–Crippen MR) is 104 cm³/mol. The molecule has 0 atom stereocenters. The molecule has 0 aromatic heterocycles. The molecule has 0 aliphatic carbocycles. The topological polar surface area (TPSA) is 41.6 Å². The fourth-order valence-corrected chi connectivity index (χ4v) is 3.38. The van der Waals surface area contributed by atoms with Gasteiger partial charge in [-0.1, -0.05) is 42.5 Å². The molecule has 0 bridgehead atoms. The number of benzene rings is 2. The molecule has 4 nitrogen and oxygen atoms in total. The Hall–Kier alpha value is -2.33. The molecule has 1 aliphatic heterocycles. The Labute approximate surface area is 156 Å². The monoisotopic (exact) mass is 352 g/mol. The first kappa shape index (κ1) is 18.5. The van der Waals surface area contributed by atoms with Gasteiger partial charge in [0.15, 0.2) is 6.61 Å². The molecule has 2 aromatic carbocycles. The molecule has 4 heteroatoms. The summed E-state index contributed by atoms with van der Waals surface area (Å²) >= 11 is 0. The lowest BCUT2D eigenvalue weighted by molar-refractivity contribution is -0.123. The molecule has 0 unspecified atom stereocenters. The fraction of sp³-hybridized carbons (Fsp3) is 0.409. The van der Waals surface area contributed by atoms with E-state index < -0.39 is 0 Å². The molecule has 138 valence electrons. The highest BCUT2D eigenvalue weighted by molar-refractivity contribution is 5.77. The van der Waals surface area contributed by atoms with E-state index in [4.69, 9.17) is 4.74 Å². The highest BCUT2D eigenvalue weighted by Gasteiger charge is 2.11. The van der Waals surface area contributed by atoms with Crippen LogP contribution in [0, 0.1) is 13.8 Å². The van der Waals surface area contributed by atoms with Gasteiger partial charge in [-0.25, -0.2) is 0 Å². The summed E-state index contributed by atoms with van der Waals surface area (Å²) in [7, 11) is 0. The average Bonchev–Trinajstić information content (AvgIpc) is 3.14. The summed E-state index contributed by atoms with van der Waals surface area (Å²) in [4.78, 5) is 14.6. The number of carbonyl (C=O) groups excluding carboxylic acids is 1. The average molecular weight is 352 g/mol. The number of hydrogen-bond acceptors (Lipinski definition) is 3. The first-order chi connectivity index (χ1) is 12.6. The molecular weight excluding hydrogens is 324 g/mol. The smallest absolute Gasteiger partial charge is 0.258 e. The van der Waals surface area contributed by atoms with Crippen molar-refractivity contribution < 1.29 is 9.53 Å². The third kappa shape index (κ3) is 5.09. The Morgan fingerprint density at radius 3 is 2.27 bits per heavy atom. The van der Waals surface area contributed by atoms with E-state index in [0.717, 1.165) is 29.0 Å². The van der Waals surface area contributed by atoms with Crippen LogP contribution in [0.25, 0.3) is 0 Å². The summed E-state index contributed by atoms with van der Waals surface area (Å²) in [5, 5.41) is 2.93. The number of rotatable bonds is 7. The molecule has 1 aliphatic rings. The number of para-hydroxylation sites is 1. The van der Waals surface area contributed by atoms with Gasteiger partial charge < -0.3 is 10.1 Å². The fourth-order valence-electron chi connectivity index (χ4n) is 3.38. The zero-order chi connectivity index (χ0) is 18.4. The van der Waals surface area contributed by atoms with Crippen molar-refractivity contribution >= 4 is 5.91 Å². The Morgan fingerprint density at radius 2 is 1.62 bits per heavy atom. The predicted octanol–water partition coefficient (Wildman–Crippen LogP) is 3.59. The van der Waals surface area contributed by atoms with Crippen LogP contribution < -0.4 is 10.1 Å². The lowest BCUT2D eigenvalue weighted by Gasteiger charge is -2.15. The van der Waals surface area contributed by atoms with E-state index in [1.165, 1.54) is 31.5 Å². The largest absolute Gasteiger partial charge is 0.483 e. The SMILES string of the molecule is Cc1cccc(C)c1OCC(=O)NCc1ccc(CN2CCCC2)cc1. The third-order valence-corrected chi connectivity index (χ3v) is 4.87. The van der Waals surface area contributed by atoms with E-state index in [-0.39, 0.29) is 12.5 Å². The summed E-state index contributed by atoms with van der Waals surface area (Å²) in [6.07, 6.45) is 2.63.